The maximum Gasteiger partial charge on any atom is 0.171 e. The van der Waals surface area contributed by atoms with Gasteiger partial charge in [-0.05, 0) is 49.3 Å². The van der Waals surface area contributed by atoms with Crippen molar-refractivity contribution in [2.75, 3.05) is 5.32 Å². The highest BCUT2D eigenvalue weighted by atomic mass is 32.1. The van der Waals surface area contributed by atoms with Crippen LogP contribution < -0.4 is 10.6 Å². The second-order valence-electron chi connectivity index (χ2n) is 5.26. The van der Waals surface area contributed by atoms with Crippen molar-refractivity contribution in [3.8, 4) is 6.07 Å². The van der Waals surface area contributed by atoms with Crippen LogP contribution in [0.4, 0.5) is 5.69 Å². The summed E-state index contributed by atoms with van der Waals surface area (Å²) in [6.45, 7) is 4.15. The SMILES string of the molecule is Cc1ccc([C@H](C)NC(=S)Nc2ccc(CC#N)cc2)cc1. The molecule has 0 unspecified atom stereocenters. The fraction of sp³-hybridized carbons (Fsp3) is 0.222. The van der Waals surface area contributed by atoms with Crippen molar-refractivity contribution in [3.05, 3.63) is 65.2 Å². The molecule has 0 amide bonds. The van der Waals surface area contributed by atoms with Crippen molar-refractivity contribution in [3.63, 3.8) is 0 Å². The van der Waals surface area contributed by atoms with Crippen molar-refractivity contribution in [1.82, 2.24) is 5.32 Å². The van der Waals surface area contributed by atoms with Crippen molar-refractivity contribution < 1.29 is 0 Å². The van der Waals surface area contributed by atoms with Gasteiger partial charge in [0.15, 0.2) is 5.11 Å². The summed E-state index contributed by atoms with van der Waals surface area (Å²) in [7, 11) is 0. The van der Waals surface area contributed by atoms with E-state index in [9.17, 15) is 0 Å². The minimum Gasteiger partial charge on any atom is -0.356 e. The number of thiocarbonyl (C=S) groups is 1. The van der Waals surface area contributed by atoms with Crippen LogP contribution in [-0.2, 0) is 6.42 Å². The molecule has 1 atom stereocenters. The summed E-state index contributed by atoms with van der Waals surface area (Å²) in [5.74, 6) is 0. The molecule has 0 radical (unpaired) electrons. The molecular formula is C18H19N3S. The van der Waals surface area contributed by atoms with Crippen LogP contribution >= 0.6 is 12.2 Å². The molecule has 0 bridgehead atoms. The molecule has 3 nitrogen and oxygen atoms in total. The zero-order valence-corrected chi connectivity index (χ0v) is 13.6. The Bertz CT molecular complexity index is 669. The minimum atomic E-state index is 0.137. The molecule has 2 aromatic carbocycles. The van der Waals surface area contributed by atoms with Crippen LogP contribution in [0.5, 0.6) is 0 Å². The van der Waals surface area contributed by atoms with E-state index in [1.54, 1.807) is 0 Å². The lowest BCUT2D eigenvalue weighted by Gasteiger charge is -2.17. The number of nitriles is 1. The van der Waals surface area contributed by atoms with Crippen LogP contribution in [0, 0.1) is 18.3 Å². The highest BCUT2D eigenvalue weighted by Gasteiger charge is 2.07. The number of anilines is 1. The zero-order chi connectivity index (χ0) is 15.9. The predicted octanol–water partition coefficient (Wildman–Crippen LogP) is 4.11. The van der Waals surface area contributed by atoms with Gasteiger partial charge in [0.05, 0.1) is 18.5 Å². The first kappa shape index (κ1) is 16.0. The standard InChI is InChI=1S/C18H19N3S/c1-13-3-7-16(8-4-13)14(2)20-18(22)21-17-9-5-15(6-10-17)11-12-19/h3-10,14H,11H2,1-2H3,(H2,20,21,22)/t14-/m0/s1. The van der Waals surface area contributed by atoms with Crippen LogP contribution in [0.3, 0.4) is 0 Å². The quantitative estimate of drug-likeness (QED) is 0.835. The Labute approximate surface area is 137 Å². The van der Waals surface area contributed by atoms with Gasteiger partial charge in [0.1, 0.15) is 0 Å². The second kappa shape index (κ2) is 7.58. The number of nitrogens with one attached hydrogen (secondary N) is 2. The van der Waals surface area contributed by atoms with Gasteiger partial charge in [-0.3, -0.25) is 0 Å². The maximum absolute atomic E-state index is 8.66. The number of rotatable bonds is 4. The summed E-state index contributed by atoms with van der Waals surface area (Å²) in [6, 6.07) is 18.4. The zero-order valence-electron chi connectivity index (χ0n) is 12.8. The van der Waals surface area contributed by atoms with Crippen molar-refractivity contribution in [2.45, 2.75) is 26.3 Å². The fourth-order valence-electron chi connectivity index (χ4n) is 2.10. The third-order valence-electron chi connectivity index (χ3n) is 3.42. The molecule has 2 rings (SSSR count). The fourth-order valence-corrected chi connectivity index (χ4v) is 2.39. The third-order valence-corrected chi connectivity index (χ3v) is 3.64. The van der Waals surface area contributed by atoms with Crippen LogP contribution in [0.1, 0.15) is 29.7 Å². The Morgan fingerprint density at radius 1 is 1.14 bits per heavy atom. The van der Waals surface area contributed by atoms with Gasteiger partial charge < -0.3 is 10.6 Å². The number of nitrogens with zero attached hydrogens (tertiary/aromatic N) is 1. The molecule has 0 fully saturated rings. The number of benzene rings is 2. The maximum atomic E-state index is 8.66. The predicted molar refractivity (Wildman–Crippen MR) is 94.7 cm³/mol. The van der Waals surface area contributed by atoms with Crippen molar-refractivity contribution in [2.24, 2.45) is 0 Å². The molecule has 0 aliphatic heterocycles. The van der Waals surface area contributed by atoms with Gasteiger partial charge in [-0.25, -0.2) is 0 Å². The largest absolute Gasteiger partial charge is 0.356 e. The number of hydrogen-bond donors (Lipinski definition) is 2. The van der Waals surface area contributed by atoms with E-state index in [1.165, 1.54) is 11.1 Å². The van der Waals surface area contributed by atoms with Gasteiger partial charge in [-0.15, -0.1) is 0 Å². The Morgan fingerprint density at radius 3 is 2.36 bits per heavy atom. The summed E-state index contributed by atoms with van der Waals surface area (Å²) in [5.41, 5.74) is 4.35. The molecule has 22 heavy (non-hydrogen) atoms. The van der Waals surface area contributed by atoms with Gasteiger partial charge in [0, 0.05) is 5.69 Å². The molecule has 0 aliphatic carbocycles. The normalized spacial score (nSPS) is 11.3. The third kappa shape index (κ3) is 4.57. The van der Waals surface area contributed by atoms with Crippen molar-refractivity contribution in [1.29, 1.82) is 5.26 Å². The average molecular weight is 309 g/mol. The van der Waals surface area contributed by atoms with Crippen molar-refractivity contribution >= 4 is 23.0 Å². The Hall–Kier alpha value is -2.38. The summed E-state index contributed by atoms with van der Waals surface area (Å²) < 4.78 is 0. The van der Waals surface area contributed by atoms with E-state index >= 15 is 0 Å². The van der Waals surface area contributed by atoms with E-state index in [0.29, 0.717) is 11.5 Å². The first-order chi connectivity index (χ1) is 10.6. The Kier molecular flexibility index (Phi) is 5.51. The second-order valence-corrected chi connectivity index (χ2v) is 5.67. The molecule has 0 aliphatic rings. The molecule has 0 spiro atoms. The highest BCUT2D eigenvalue weighted by Crippen LogP contribution is 2.14. The topological polar surface area (TPSA) is 47.8 Å². The molecule has 2 aromatic rings. The van der Waals surface area contributed by atoms with E-state index in [-0.39, 0.29) is 6.04 Å². The monoisotopic (exact) mass is 309 g/mol. The lowest BCUT2D eigenvalue weighted by molar-refractivity contribution is 0.722. The van der Waals surface area contributed by atoms with Gasteiger partial charge in [-0.1, -0.05) is 42.0 Å². The Balaban J connectivity index is 1.92. The minimum absolute atomic E-state index is 0.137. The van der Waals surface area contributed by atoms with Gasteiger partial charge in [-0.2, -0.15) is 5.26 Å². The lowest BCUT2D eigenvalue weighted by Crippen LogP contribution is -2.30. The van der Waals surface area contributed by atoms with Crippen LogP contribution in [-0.4, -0.2) is 5.11 Å². The van der Waals surface area contributed by atoms with Crippen LogP contribution in [0.2, 0.25) is 0 Å². The first-order valence-electron chi connectivity index (χ1n) is 7.18. The van der Waals surface area contributed by atoms with Gasteiger partial charge in [0.25, 0.3) is 0 Å². The van der Waals surface area contributed by atoms with Crippen LogP contribution in [0.25, 0.3) is 0 Å². The summed E-state index contributed by atoms with van der Waals surface area (Å²) in [4.78, 5) is 0. The van der Waals surface area contributed by atoms with Crippen LogP contribution in [0.15, 0.2) is 48.5 Å². The summed E-state index contributed by atoms with van der Waals surface area (Å²) >= 11 is 5.35. The number of aryl methyl sites for hydroxylation is 1. The first-order valence-corrected chi connectivity index (χ1v) is 7.59. The molecule has 112 valence electrons. The van der Waals surface area contributed by atoms with Gasteiger partial charge in [0.2, 0.25) is 0 Å². The highest BCUT2D eigenvalue weighted by molar-refractivity contribution is 7.80. The van der Waals surface area contributed by atoms with E-state index in [4.69, 9.17) is 17.5 Å². The molecule has 4 heteroatoms. The molecule has 2 N–H and O–H groups in total. The average Bonchev–Trinajstić information content (AvgIpc) is 2.50. The molecule has 0 heterocycles. The lowest BCUT2D eigenvalue weighted by atomic mass is 10.1. The van der Waals surface area contributed by atoms with Gasteiger partial charge >= 0.3 is 0 Å². The number of hydrogen-bond acceptors (Lipinski definition) is 2. The smallest absolute Gasteiger partial charge is 0.171 e. The van der Waals surface area contributed by atoms with E-state index in [0.717, 1.165) is 11.3 Å². The van der Waals surface area contributed by atoms with E-state index in [1.807, 2.05) is 24.3 Å². The molecule has 0 saturated carbocycles. The molecular weight excluding hydrogens is 290 g/mol. The molecule has 0 saturated heterocycles. The van der Waals surface area contributed by atoms with E-state index < -0.39 is 0 Å². The summed E-state index contributed by atoms with van der Waals surface area (Å²) in [5, 5.41) is 15.7. The van der Waals surface area contributed by atoms with E-state index in [2.05, 4.69) is 54.8 Å². The Morgan fingerprint density at radius 2 is 1.77 bits per heavy atom. The molecule has 0 aromatic heterocycles. The summed E-state index contributed by atoms with van der Waals surface area (Å²) in [6.07, 6.45) is 0.424.